The van der Waals surface area contributed by atoms with Crippen LogP contribution in [0.1, 0.15) is 29.8 Å². The summed E-state index contributed by atoms with van der Waals surface area (Å²) in [5, 5.41) is 2.78. The summed E-state index contributed by atoms with van der Waals surface area (Å²) >= 11 is 3.40. The Balaban J connectivity index is 1.89. The first-order valence-electron chi connectivity index (χ1n) is 7.45. The van der Waals surface area contributed by atoms with Crippen molar-refractivity contribution in [3.8, 4) is 0 Å². The van der Waals surface area contributed by atoms with Crippen LogP contribution in [0, 0.1) is 0 Å². The molecule has 0 aliphatic carbocycles. The van der Waals surface area contributed by atoms with Crippen LogP contribution in [0.25, 0.3) is 0 Å². The highest BCUT2D eigenvalue weighted by Crippen LogP contribution is 2.28. The SMILES string of the molecule is CC(C)OC(=O)c1ccc(N=C2C(=O)Nc3ccc(Br)cc32)cc1. The number of nitrogens with one attached hydrogen (secondary N) is 1. The third-order valence-corrected chi connectivity index (χ3v) is 3.88. The van der Waals surface area contributed by atoms with E-state index in [1.165, 1.54) is 0 Å². The summed E-state index contributed by atoms with van der Waals surface area (Å²) in [6, 6.07) is 12.2. The van der Waals surface area contributed by atoms with Crippen LogP contribution in [0.15, 0.2) is 51.9 Å². The Kier molecular flexibility index (Phi) is 4.49. The van der Waals surface area contributed by atoms with Gasteiger partial charge in [-0.3, -0.25) is 4.79 Å². The molecule has 1 N–H and O–H groups in total. The van der Waals surface area contributed by atoms with Gasteiger partial charge >= 0.3 is 5.97 Å². The summed E-state index contributed by atoms with van der Waals surface area (Å²) < 4.78 is 6.01. The van der Waals surface area contributed by atoms with Gasteiger partial charge in [-0.25, -0.2) is 9.79 Å². The first kappa shape index (κ1) is 16.4. The molecule has 0 saturated carbocycles. The van der Waals surface area contributed by atoms with Gasteiger partial charge in [-0.1, -0.05) is 15.9 Å². The first-order chi connectivity index (χ1) is 11.4. The quantitative estimate of drug-likeness (QED) is 0.807. The summed E-state index contributed by atoms with van der Waals surface area (Å²) in [7, 11) is 0. The maximum Gasteiger partial charge on any atom is 0.338 e. The minimum absolute atomic E-state index is 0.172. The fraction of sp³-hybridized carbons (Fsp3) is 0.167. The topological polar surface area (TPSA) is 67.8 Å². The van der Waals surface area contributed by atoms with Crippen LogP contribution in [0.5, 0.6) is 0 Å². The van der Waals surface area contributed by atoms with E-state index in [-0.39, 0.29) is 18.0 Å². The molecule has 0 fully saturated rings. The van der Waals surface area contributed by atoms with Crippen molar-refractivity contribution in [2.24, 2.45) is 4.99 Å². The maximum atomic E-state index is 12.1. The molecule has 122 valence electrons. The van der Waals surface area contributed by atoms with Gasteiger partial charge in [-0.15, -0.1) is 0 Å². The molecular weight excluding hydrogens is 372 g/mol. The molecule has 3 rings (SSSR count). The number of esters is 1. The van der Waals surface area contributed by atoms with E-state index in [4.69, 9.17) is 4.74 Å². The van der Waals surface area contributed by atoms with Crippen molar-refractivity contribution in [3.63, 3.8) is 0 Å². The summed E-state index contributed by atoms with van der Waals surface area (Å²) in [6.07, 6.45) is -0.172. The number of hydrogen-bond acceptors (Lipinski definition) is 4. The van der Waals surface area contributed by atoms with E-state index in [2.05, 4.69) is 26.2 Å². The fourth-order valence-electron chi connectivity index (χ4n) is 2.32. The van der Waals surface area contributed by atoms with Crippen molar-refractivity contribution in [3.05, 3.63) is 58.1 Å². The van der Waals surface area contributed by atoms with Gasteiger partial charge in [0.25, 0.3) is 5.91 Å². The Morgan fingerprint density at radius 2 is 1.88 bits per heavy atom. The molecule has 24 heavy (non-hydrogen) atoms. The smallest absolute Gasteiger partial charge is 0.338 e. The van der Waals surface area contributed by atoms with Crippen molar-refractivity contribution in [2.45, 2.75) is 20.0 Å². The van der Waals surface area contributed by atoms with Gasteiger partial charge in [0.15, 0.2) is 0 Å². The number of hydrogen-bond donors (Lipinski definition) is 1. The Bertz CT molecular complexity index is 842. The van der Waals surface area contributed by atoms with E-state index >= 15 is 0 Å². The van der Waals surface area contributed by atoms with Crippen molar-refractivity contribution in [1.82, 2.24) is 0 Å². The minimum atomic E-state index is -0.378. The number of carbonyl (C=O) groups is 2. The molecule has 1 aliphatic rings. The number of benzene rings is 2. The van der Waals surface area contributed by atoms with Crippen molar-refractivity contribution >= 4 is 44.9 Å². The molecule has 5 nitrogen and oxygen atoms in total. The highest BCUT2D eigenvalue weighted by atomic mass is 79.9. The molecule has 1 heterocycles. The molecule has 1 aliphatic heterocycles. The normalized spacial score (nSPS) is 14.7. The van der Waals surface area contributed by atoms with Crippen LogP contribution in [-0.4, -0.2) is 23.7 Å². The lowest BCUT2D eigenvalue weighted by Crippen LogP contribution is -2.14. The second-order valence-corrected chi connectivity index (χ2v) is 6.52. The van der Waals surface area contributed by atoms with Crippen LogP contribution in [0.2, 0.25) is 0 Å². The van der Waals surface area contributed by atoms with Crippen molar-refractivity contribution in [2.75, 3.05) is 5.32 Å². The molecule has 0 bridgehead atoms. The zero-order valence-electron chi connectivity index (χ0n) is 13.2. The van der Waals surface area contributed by atoms with Crippen LogP contribution in [0.3, 0.4) is 0 Å². The van der Waals surface area contributed by atoms with E-state index in [1.807, 2.05) is 18.2 Å². The predicted octanol–water partition coefficient (Wildman–Crippen LogP) is 4.09. The zero-order valence-corrected chi connectivity index (χ0v) is 14.8. The van der Waals surface area contributed by atoms with E-state index in [0.29, 0.717) is 17.0 Å². The summed E-state index contributed by atoms with van der Waals surface area (Å²) in [6.45, 7) is 3.60. The second kappa shape index (κ2) is 6.57. The Morgan fingerprint density at radius 1 is 1.17 bits per heavy atom. The Morgan fingerprint density at radius 3 is 2.54 bits per heavy atom. The fourth-order valence-corrected chi connectivity index (χ4v) is 2.68. The predicted molar refractivity (Wildman–Crippen MR) is 96.0 cm³/mol. The van der Waals surface area contributed by atoms with E-state index < -0.39 is 0 Å². The average molecular weight is 387 g/mol. The summed E-state index contributed by atoms with van der Waals surface area (Å²) in [4.78, 5) is 28.4. The molecule has 0 saturated heterocycles. The number of ether oxygens (including phenoxy) is 1. The largest absolute Gasteiger partial charge is 0.459 e. The average Bonchev–Trinajstić information content (AvgIpc) is 2.83. The molecule has 1 amide bonds. The number of rotatable bonds is 3. The zero-order chi connectivity index (χ0) is 17.3. The lowest BCUT2D eigenvalue weighted by molar-refractivity contribution is -0.110. The van der Waals surface area contributed by atoms with Gasteiger partial charge in [0.05, 0.1) is 23.0 Å². The lowest BCUT2D eigenvalue weighted by atomic mass is 10.1. The van der Waals surface area contributed by atoms with Gasteiger partial charge in [-0.05, 0) is 56.3 Å². The minimum Gasteiger partial charge on any atom is -0.459 e. The standard InChI is InChI=1S/C18H15BrN2O3/c1-10(2)24-18(23)11-3-6-13(7-4-11)20-16-14-9-12(19)5-8-15(14)21-17(16)22/h3-10H,1-2H3,(H,20,21,22). The van der Waals surface area contributed by atoms with E-state index in [0.717, 1.165) is 15.7 Å². The first-order valence-corrected chi connectivity index (χ1v) is 8.24. The van der Waals surface area contributed by atoms with Gasteiger partial charge < -0.3 is 10.1 Å². The third kappa shape index (κ3) is 3.38. The van der Waals surface area contributed by atoms with Crippen molar-refractivity contribution in [1.29, 1.82) is 0 Å². The molecule has 0 radical (unpaired) electrons. The molecule has 0 unspecified atom stereocenters. The lowest BCUT2D eigenvalue weighted by Gasteiger charge is -2.07. The maximum absolute atomic E-state index is 12.1. The van der Waals surface area contributed by atoms with Gasteiger partial charge in [0.2, 0.25) is 0 Å². The Hall–Kier alpha value is -2.47. The van der Waals surface area contributed by atoms with Crippen LogP contribution < -0.4 is 5.32 Å². The molecular formula is C18H15BrN2O3. The second-order valence-electron chi connectivity index (χ2n) is 5.61. The molecule has 2 aromatic rings. The van der Waals surface area contributed by atoms with Crippen LogP contribution >= 0.6 is 15.9 Å². The van der Waals surface area contributed by atoms with Gasteiger partial charge in [0.1, 0.15) is 5.71 Å². The monoisotopic (exact) mass is 386 g/mol. The number of halogens is 1. The molecule has 0 spiro atoms. The van der Waals surface area contributed by atoms with Gasteiger partial charge in [-0.2, -0.15) is 0 Å². The number of aliphatic imine (C=N–C) groups is 1. The number of amides is 1. The summed E-state index contributed by atoms with van der Waals surface area (Å²) in [5.74, 6) is -0.622. The molecule has 6 heteroatoms. The van der Waals surface area contributed by atoms with E-state index in [1.54, 1.807) is 38.1 Å². The molecule has 0 atom stereocenters. The molecule has 2 aromatic carbocycles. The molecule has 0 aromatic heterocycles. The van der Waals surface area contributed by atoms with Gasteiger partial charge in [0, 0.05) is 10.0 Å². The highest BCUT2D eigenvalue weighted by molar-refractivity contribution is 9.10. The number of fused-ring (bicyclic) bond motifs is 1. The Labute approximate surface area is 147 Å². The van der Waals surface area contributed by atoms with Crippen molar-refractivity contribution < 1.29 is 14.3 Å². The van der Waals surface area contributed by atoms with E-state index in [9.17, 15) is 9.59 Å². The van der Waals surface area contributed by atoms with Crippen LogP contribution in [0.4, 0.5) is 11.4 Å². The number of carbonyl (C=O) groups excluding carboxylic acids is 2. The number of anilines is 1. The third-order valence-electron chi connectivity index (χ3n) is 3.39. The number of nitrogens with zero attached hydrogens (tertiary/aromatic N) is 1. The van der Waals surface area contributed by atoms with Crippen LogP contribution in [-0.2, 0) is 9.53 Å². The summed E-state index contributed by atoms with van der Waals surface area (Å²) in [5.41, 5.74) is 2.88. The highest BCUT2D eigenvalue weighted by Gasteiger charge is 2.26.